The molecule has 0 aliphatic heterocycles. The normalized spacial score (nSPS) is 10.4. The Balaban J connectivity index is 1.87. The van der Waals surface area contributed by atoms with E-state index in [1.807, 2.05) is 12.1 Å². The zero-order chi connectivity index (χ0) is 11.2. The summed E-state index contributed by atoms with van der Waals surface area (Å²) in [5.74, 6) is 0. The van der Waals surface area contributed by atoms with Crippen LogP contribution in [0.1, 0.15) is 12.0 Å². The smallest absolute Gasteiger partial charge is 0.181 e. The Morgan fingerprint density at radius 3 is 3.19 bits per heavy atom. The molecule has 0 unspecified atom stereocenters. The summed E-state index contributed by atoms with van der Waals surface area (Å²) in [5.41, 5.74) is 2.93. The van der Waals surface area contributed by atoms with E-state index < -0.39 is 0 Å². The van der Waals surface area contributed by atoms with Gasteiger partial charge in [0.15, 0.2) is 12.0 Å². The van der Waals surface area contributed by atoms with Gasteiger partial charge in [0.1, 0.15) is 5.52 Å². The molecule has 0 saturated heterocycles. The topological polar surface area (TPSA) is 61.9 Å². The van der Waals surface area contributed by atoms with Gasteiger partial charge in [-0.15, -0.1) is 0 Å². The minimum absolute atomic E-state index is 0.557. The van der Waals surface area contributed by atoms with Crippen LogP contribution in [-0.4, -0.2) is 18.1 Å². The zero-order valence-electron chi connectivity index (χ0n) is 8.94. The number of benzene rings is 1. The van der Waals surface area contributed by atoms with Crippen LogP contribution in [0.5, 0.6) is 0 Å². The second-order valence-corrected chi connectivity index (χ2v) is 3.56. The monoisotopic (exact) mass is 215 g/mol. The van der Waals surface area contributed by atoms with Crippen molar-refractivity contribution in [2.75, 3.05) is 13.1 Å². The molecule has 0 amide bonds. The Morgan fingerprint density at radius 2 is 2.31 bits per heavy atom. The molecule has 0 aliphatic carbocycles. The number of fused-ring (bicyclic) bond motifs is 1. The van der Waals surface area contributed by atoms with E-state index in [9.17, 15) is 0 Å². The fraction of sp³-hybridized carbons (Fsp3) is 0.333. The molecule has 82 valence electrons. The first-order chi connectivity index (χ1) is 7.90. The van der Waals surface area contributed by atoms with E-state index in [-0.39, 0.29) is 0 Å². The van der Waals surface area contributed by atoms with E-state index in [1.165, 1.54) is 12.0 Å². The summed E-state index contributed by atoms with van der Waals surface area (Å²) in [5, 5.41) is 11.6. The quantitative estimate of drug-likeness (QED) is 0.773. The molecule has 1 heterocycles. The molecule has 2 rings (SSSR count). The average Bonchev–Trinajstić information content (AvgIpc) is 2.76. The molecule has 0 fully saturated rings. The van der Waals surface area contributed by atoms with Gasteiger partial charge in [-0.1, -0.05) is 6.07 Å². The summed E-state index contributed by atoms with van der Waals surface area (Å²) in [4.78, 5) is 4.06. The number of aromatic nitrogens is 1. The third-order valence-electron chi connectivity index (χ3n) is 2.40. The number of nitrogens with one attached hydrogen (secondary N) is 1. The Bertz CT molecular complexity index is 498. The van der Waals surface area contributed by atoms with Crippen molar-refractivity contribution in [3.63, 3.8) is 0 Å². The molecule has 16 heavy (non-hydrogen) atoms. The number of hydrogen-bond acceptors (Lipinski definition) is 4. The zero-order valence-corrected chi connectivity index (χ0v) is 8.94. The maximum absolute atomic E-state index is 8.37. The standard InChI is InChI=1S/C12H13N3O/c13-5-1-6-14-7-4-10-2-3-11-12(8-10)16-9-15-11/h2-3,8-9,14H,1,4,6-7H2. The SMILES string of the molecule is N#CCCNCCc1ccc2ncoc2c1. The molecule has 0 spiro atoms. The van der Waals surface area contributed by atoms with E-state index in [0.717, 1.165) is 30.6 Å². The summed E-state index contributed by atoms with van der Waals surface area (Å²) in [6.45, 7) is 1.63. The van der Waals surface area contributed by atoms with Gasteiger partial charge in [0.05, 0.1) is 6.07 Å². The van der Waals surface area contributed by atoms with Gasteiger partial charge in [-0.25, -0.2) is 4.98 Å². The van der Waals surface area contributed by atoms with Gasteiger partial charge >= 0.3 is 0 Å². The van der Waals surface area contributed by atoms with E-state index in [0.29, 0.717) is 6.42 Å². The van der Waals surface area contributed by atoms with Crippen molar-refractivity contribution >= 4 is 11.1 Å². The van der Waals surface area contributed by atoms with Crippen LogP contribution >= 0.6 is 0 Å². The highest BCUT2D eigenvalue weighted by Gasteiger charge is 1.99. The lowest BCUT2D eigenvalue weighted by atomic mass is 10.1. The van der Waals surface area contributed by atoms with Crippen LogP contribution in [0.2, 0.25) is 0 Å². The van der Waals surface area contributed by atoms with Crippen LogP contribution < -0.4 is 5.32 Å². The van der Waals surface area contributed by atoms with Crippen molar-refractivity contribution < 1.29 is 4.42 Å². The lowest BCUT2D eigenvalue weighted by Gasteiger charge is -2.02. The van der Waals surface area contributed by atoms with Gasteiger partial charge in [-0.2, -0.15) is 5.26 Å². The molecule has 2 aromatic rings. The molecule has 1 aromatic heterocycles. The van der Waals surface area contributed by atoms with Crippen LogP contribution in [0.3, 0.4) is 0 Å². The molecule has 4 nitrogen and oxygen atoms in total. The van der Waals surface area contributed by atoms with Crippen LogP contribution in [0, 0.1) is 11.3 Å². The third-order valence-corrected chi connectivity index (χ3v) is 2.40. The third kappa shape index (κ3) is 2.59. The maximum atomic E-state index is 8.37. The molecule has 0 radical (unpaired) electrons. The highest BCUT2D eigenvalue weighted by atomic mass is 16.3. The lowest BCUT2D eigenvalue weighted by molar-refractivity contribution is 0.601. The molecule has 1 N–H and O–H groups in total. The van der Waals surface area contributed by atoms with Gasteiger partial charge in [0.25, 0.3) is 0 Å². The number of nitriles is 1. The Hall–Kier alpha value is -1.86. The van der Waals surface area contributed by atoms with E-state index >= 15 is 0 Å². The molecular formula is C12H13N3O. The van der Waals surface area contributed by atoms with Crippen molar-refractivity contribution in [2.45, 2.75) is 12.8 Å². The fourth-order valence-corrected chi connectivity index (χ4v) is 1.56. The predicted molar refractivity (Wildman–Crippen MR) is 60.8 cm³/mol. The van der Waals surface area contributed by atoms with Gasteiger partial charge < -0.3 is 9.73 Å². The first-order valence-corrected chi connectivity index (χ1v) is 5.30. The molecule has 0 atom stereocenters. The number of nitrogens with zero attached hydrogens (tertiary/aromatic N) is 2. The summed E-state index contributed by atoms with van der Waals surface area (Å²) in [7, 11) is 0. The molecule has 0 aliphatic rings. The summed E-state index contributed by atoms with van der Waals surface area (Å²) < 4.78 is 5.23. The summed E-state index contributed by atoms with van der Waals surface area (Å²) in [6.07, 6.45) is 2.95. The van der Waals surface area contributed by atoms with Gasteiger partial charge in [0, 0.05) is 13.0 Å². The second kappa shape index (κ2) is 5.29. The minimum Gasteiger partial charge on any atom is -0.443 e. The van der Waals surface area contributed by atoms with Crippen LogP contribution in [0.25, 0.3) is 11.1 Å². The highest BCUT2D eigenvalue weighted by molar-refractivity contribution is 5.72. The van der Waals surface area contributed by atoms with Gasteiger partial charge in [-0.3, -0.25) is 0 Å². The van der Waals surface area contributed by atoms with Crippen LogP contribution in [0.4, 0.5) is 0 Å². The minimum atomic E-state index is 0.557. The van der Waals surface area contributed by atoms with Gasteiger partial charge in [0.2, 0.25) is 0 Å². The largest absolute Gasteiger partial charge is 0.443 e. The molecular weight excluding hydrogens is 202 g/mol. The highest BCUT2D eigenvalue weighted by Crippen LogP contribution is 2.14. The van der Waals surface area contributed by atoms with Crippen molar-refractivity contribution in [3.05, 3.63) is 30.2 Å². The predicted octanol–water partition coefficient (Wildman–Crippen LogP) is 1.87. The van der Waals surface area contributed by atoms with Crippen molar-refractivity contribution in [1.29, 1.82) is 5.26 Å². The molecule has 0 saturated carbocycles. The number of rotatable bonds is 5. The Kier molecular flexibility index (Phi) is 3.52. The number of oxazole rings is 1. The lowest BCUT2D eigenvalue weighted by Crippen LogP contribution is -2.17. The summed E-state index contributed by atoms with van der Waals surface area (Å²) >= 11 is 0. The fourth-order valence-electron chi connectivity index (χ4n) is 1.56. The van der Waals surface area contributed by atoms with Crippen molar-refractivity contribution in [2.24, 2.45) is 0 Å². The van der Waals surface area contributed by atoms with E-state index in [2.05, 4.69) is 22.4 Å². The van der Waals surface area contributed by atoms with Crippen molar-refractivity contribution in [3.8, 4) is 6.07 Å². The van der Waals surface area contributed by atoms with Gasteiger partial charge in [-0.05, 0) is 30.7 Å². The second-order valence-electron chi connectivity index (χ2n) is 3.56. The summed E-state index contributed by atoms with van der Waals surface area (Å²) in [6, 6.07) is 8.12. The van der Waals surface area contributed by atoms with Crippen LogP contribution in [-0.2, 0) is 6.42 Å². The van der Waals surface area contributed by atoms with E-state index in [1.54, 1.807) is 0 Å². The average molecular weight is 215 g/mol. The molecule has 1 aromatic carbocycles. The van der Waals surface area contributed by atoms with Crippen molar-refractivity contribution in [1.82, 2.24) is 10.3 Å². The first kappa shape index (κ1) is 10.7. The first-order valence-electron chi connectivity index (χ1n) is 5.30. The Morgan fingerprint density at radius 1 is 1.38 bits per heavy atom. The molecule has 4 heteroatoms. The number of hydrogen-bond donors (Lipinski definition) is 1. The molecule has 0 bridgehead atoms. The maximum Gasteiger partial charge on any atom is 0.181 e. The van der Waals surface area contributed by atoms with E-state index in [4.69, 9.17) is 9.68 Å². The van der Waals surface area contributed by atoms with Crippen LogP contribution in [0.15, 0.2) is 29.0 Å². The Labute approximate surface area is 93.9 Å².